The van der Waals surface area contributed by atoms with E-state index in [1.54, 1.807) is 4.68 Å². The molecule has 0 bridgehead atoms. The van der Waals surface area contributed by atoms with Crippen molar-refractivity contribution in [2.24, 2.45) is 7.05 Å². The maximum atomic E-state index is 11.4. The summed E-state index contributed by atoms with van der Waals surface area (Å²) in [5.74, 6) is 0.413. The van der Waals surface area contributed by atoms with Gasteiger partial charge in [0.2, 0.25) is 0 Å². The number of methoxy groups -OCH3 is 1. The molecule has 0 saturated heterocycles. The number of thiazole rings is 1. The summed E-state index contributed by atoms with van der Waals surface area (Å²) in [7, 11) is 3.19. The Balaban J connectivity index is 2.25. The number of anilines is 2. The zero-order chi connectivity index (χ0) is 13.3. The van der Waals surface area contributed by atoms with E-state index in [1.807, 2.05) is 27.0 Å². The summed E-state index contributed by atoms with van der Waals surface area (Å²) >= 11 is 1.41. The predicted molar refractivity (Wildman–Crippen MR) is 69.4 cm³/mol. The lowest BCUT2D eigenvalue weighted by Gasteiger charge is -2.01. The molecule has 18 heavy (non-hydrogen) atoms. The van der Waals surface area contributed by atoms with E-state index < -0.39 is 5.97 Å². The lowest BCUT2D eigenvalue weighted by Crippen LogP contribution is -2.04. The van der Waals surface area contributed by atoms with E-state index in [4.69, 9.17) is 0 Å². The summed E-state index contributed by atoms with van der Waals surface area (Å²) in [5.41, 5.74) is 1.27. The van der Waals surface area contributed by atoms with E-state index in [2.05, 4.69) is 20.1 Å². The van der Waals surface area contributed by atoms with Crippen LogP contribution >= 0.6 is 11.3 Å². The Bertz CT molecular complexity index is 588. The number of hydrogen-bond acceptors (Lipinski definition) is 6. The number of nitrogens with one attached hydrogen (secondary N) is 1. The number of hydrogen-bond donors (Lipinski definition) is 1. The number of nitrogens with zero attached hydrogens (tertiary/aromatic N) is 3. The van der Waals surface area contributed by atoms with Crippen molar-refractivity contribution in [1.29, 1.82) is 0 Å². The number of carbonyl (C=O) groups excluding carboxylic acids is 1. The minimum Gasteiger partial charge on any atom is -0.464 e. The first kappa shape index (κ1) is 12.6. The zero-order valence-corrected chi connectivity index (χ0v) is 11.5. The quantitative estimate of drug-likeness (QED) is 0.861. The van der Waals surface area contributed by atoms with E-state index in [0.717, 1.165) is 16.4 Å². The van der Waals surface area contributed by atoms with Gasteiger partial charge in [0, 0.05) is 18.0 Å². The topological polar surface area (TPSA) is 69.0 Å². The fraction of sp³-hybridized carbons (Fsp3) is 0.364. The summed E-state index contributed by atoms with van der Waals surface area (Å²) in [4.78, 5) is 16.5. The second kappa shape index (κ2) is 4.77. The Morgan fingerprint density at radius 2 is 2.22 bits per heavy atom. The lowest BCUT2D eigenvalue weighted by atomic mass is 10.4. The molecule has 2 heterocycles. The third-order valence-electron chi connectivity index (χ3n) is 2.41. The van der Waals surface area contributed by atoms with Gasteiger partial charge in [-0.05, 0) is 13.8 Å². The van der Waals surface area contributed by atoms with Crippen molar-refractivity contribution in [3.8, 4) is 0 Å². The van der Waals surface area contributed by atoms with Gasteiger partial charge in [-0.2, -0.15) is 5.10 Å². The molecular formula is C11H14N4O2S. The SMILES string of the molecule is COC(=O)c1nc(Nc2cc(C)nn2C)sc1C. The molecule has 0 aliphatic heterocycles. The van der Waals surface area contributed by atoms with Crippen LogP contribution in [-0.4, -0.2) is 27.8 Å². The highest BCUT2D eigenvalue weighted by molar-refractivity contribution is 7.15. The van der Waals surface area contributed by atoms with E-state index >= 15 is 0 Å². The highest BCUT2D eigenvalue weighted by atomic mass is 32.1. The first-order valence-electron chi connectivity index (χ1n) is 5.34. The van der Waals surface area contributed by atoms with Gasteiger partial charge in [0.25, 0.3) is 0 Å². The van der Waals surface area contributed by atoms with Crippen LogP contribution in [0.25, 0.3) is 0 Å². The molecule has 0 aliphatic carbocycles. The summed E-state index contributed by atoms with van der Waals surface area (Å²) in [6, 6.07) is 1.91. The first-order chi connectivity index (χ1) is 8.51. The molecule has 1 N–H and O–H groups in total. The van der Waals surface area contributed by atoms with Gasteiger partial charge in [-0.15, -0.1) is 11.3 Å². The van der Waals surface area contributed by atoms with Crippen molar-refractivity contribution >= 4 is 28.3 Å². The zero-order valence-electron chi connectivity index (χ0n) is 10.6. The Labute approximate surface area is 109 Å². The van der Waals surface area contributed by atoms with Crippen LogP contribution in [-0.2, 0) is 11.8 Å². The fourth-order valence-corrected chi connectivity index (χ4v) is 2.38. The average molecular weight is 266 g/mol. The largest absolute Gasteiger partial charge is 0.464 e. The van der Waals surface area contributed by atoms with Crippen molar-refractivity contribution in [3.05, 3.63) is 22.3 Å². The molecule has 0 aromatic carbocycles. The number of esters is 1. The van der Waals surface area contributed by atoms with Crippen LogP contribution in [0.15, 0.2) is 6.07 Å². The van der Waals surface area contributed by atoms with E-state index in [9.17, 15) is 4.79 Å². The number of aryl methyl sites for hydroxylation is 3. The average Bonchev–Trinajstić information content (AvgIpc) is 2.82. The second-order valence-electron chi connectivity index (χ2n) is 3.83. The van der Waals surface area contributed by atoms with Gasteiger partial charge >= 0.3 is 5.97 Å². The standard InChI is InChI=1S/C11H14N4O2S/c1-6-5-8(15(3)14-6)12-11-13-9(7(2)18-11)10(16)17-4/h5H,1-4H3,(H,12,13). The van der Waals surface area contributed by atoms with Gasteiger partial charge in [-0.25, -0.2) is 9.78 Å². The molecule has 0 spiro atoms. The Morgan fingerprint density at radius 1 is 1.50 bits per heavy atom. The smallest absolute Gasteiger partial charge is 0.357 e. The molecule has 0 radical (unpaired) electrons. The molecule has 7 heteroatoms. The van der Waals surface area contributed by atoms with Gasteiger partial charge in [-0.1, -0.05) is 0 Å². The van der Waals surface area contributed by atoms with E-state index in [-0.39, 0.29) is 0 Å². The Kier molecular flexibility index (Phi) is 3.33. The van der Waals surface area contributed by atoms with Crippen molar-refractivity contribution < 1.29 is 9.53 Å². The first-order valence-corrected chi connectivity index (χ1v) is 6.16. The van der Waals surface area contributed by atoms with Gasteiger partial charge in [0.1, 0.15) is 5.82 Å². The molecule has 0 aliphatic rings. The van der Waals surface area contributed by atoms with Gasteiger partial charge in [0.15, 0.2) is 10.8 Å². The minimum atomic E-state index is -0.419. The van der Waals surface area contributed by atoms with E-state index in [1.165, 1.54) is 18.4 Å². The molecule has 2 aromatic rings. The van der Waals surface area contributed by atoms with Crippen molar-refractivity contribution in [2.45, 2.75) is 13.8 Å². The molecule has 0 fully saturated rings. The molecule has 0 atom stereocenters. The van der Waals surface area contributed by atoms with Crippen molar-refractivity contribution in [2.75, 3.05) is 12.4 Å². The Morgan fingerprint density at radius 3 is 2.78 bits per heavy atom. The molecule has 2 rings (SSSR count). The van der Waals surface area contributed by atoms with Gasteiger partial charge < -0.3 is 10.1 Å². The van der Waals surface area contributed by atoms with Crippen LogP contribution in [0.1, 0.15) is 21.1 Å². The van der Waals surface area contributed by atoms with Crippen LogP contribution in [0, 0.1) is 13.8 Å². The number of ether oxygens (including phenoxy) is 1. The molecule has 6 nitrogen and oxygen atoms in total. The summed E-state index contributed by atoms with van der Waals surface area (Å²) in [6.45, 7) is 3.75. The number of carbonyl (C=O) groups is 1. The van der Waals surface area contributed by atoms with Crippen LogP contribution < -0.4 is 5.32 Å². The van der Waals surface area contributed by atoms with Gasteiger partial charge in [0.05, 0.1) is 12.8 Å². The monoisotopic (exact) mass is 266 g/mol. The minimum absolute atomic E-state index is 0.351. The van der Waals surface area contributed by atoms with Crippen molar-refractivity contribution in [3.63, 3.8) is 0 Å². The van der Waals surface area contributed by atoms with Crippen molar-refractivity contribution in [1.82, 2.24) is 14.8 Å². The maximum absolute atomic E-state index is 11.4. The Hall–Kier alpha value is -1.89. The van der Waals surface area contributed by atoms with Crippen LogP contribution in [0.3, 0.4) is 0 Å². The summed E-state index contributed by atoms with van der Waals surface area (Å²) < 4.78 is 6.39. The molecule has 0 amide bonds. The highest BCUT2D eigenvalue weighted by Gasteiger charge is 2.16. The fourth-order valence-electron chi connectivity index (χ4n) is 1.57. The predicted octanol–water partition coefficient (Wildman–Crippen LogP) is 2.02. The third-order valence-corrected chi connectivity index (χ3v) is 3.30. The molecular weight excluding hydrogens is 252 g/mol. The molecule has 0 saturated carbocycles. The van der Waals surface area contributed by atoms with Gasteiger partial charge in [-0.3, -0.25) is 4.68 Å². The normalized spacial score (nSPS) is 10.4. The van der Waals surface area contributed by atoms with E-state index in [0.29, 0.717) is 10.8 Å². The highest BCUT2D eigenvalue weighted by Crippen LogP contribution is 2.25. The molecule has 2 aromatic heterocycles. The number of rotatable bonds is 3. The lowest BCUT2D eigenvalue weighted by molar-refractivity contribution is 0.0594. The summed E-state index contributed by atoms with van der Waals surface area (Å²) in [6.07, 6.45) is 0. The summed E-state index contributed by atoms with van der Waals surface area (Å²) in [5, 5.41) is 8.01. The molecule has 96 valence electrons. The van der Waals surface area contributed by atoms with Crippen LogP contribution in [0.2, 0.25) is 0 Å². The van der Waals surface area contributed by atoms with Crippen LogP contribution in [0.5, 0.6) is 0 Å². The second-order valence-corrected chi connectivity index (χ2v) is 5.04. The van der Waals surface area contributed by atoms with Crippen LogP contribution in [0.4, 0.5) is 10.9 Å². The third kappa shape index (κ3) is 2.35. The maximum Gasteiger partial charge on any atom is 0.357 e. The molecule has 0 unspecified atom stereocenters. The number of aromatic nitrogens is 3.